The molecule has 0 unspecified atom stereocenters. The monoisotopic (exact) mass is 216 g/mol. The summed E-state index contributed by atoms with van der Waals surface area (Å²) in [6.07, 6.45) is -1.30. The van der Waals surface area contributed by atoms with Gasteiger partial charge in [-0.05, 0) is 37.0 Å². The van der Waals surface area contributed by atoms with Crippen LogP contribution in [0.25, 0.3) is 0 Å². The third kappa shape index (κ3) is 3.26. The highest BCUT2D eigenvalue weighted by molar-refractivity contribution is 5.33. The standard InChI is InChI=1S/C12H15F3/c1-3-4-5-10-6-7-11(9(2)8-10)12(13,14)15/h6-8H,3-5H2,1-2H3. The van der Waals surface area contributed by atoms with Gasteiger partial charge >= 0.3 is 6.18 Å². The van der Waals surface area contributed by atoms with Gasteiger partial charge in [0.1, 0.15) is 0 Å². The molecule has 0 amide bonds. The lowest BCUT2D eigenvalue weighted by Gasteiger charge is -2.11. The van der Waals surface area contributed by atoms with Crippen LogP contribution in [-0.2, 0) is 12.6 Å². The van der Waals surface area contributed by atoms with Crippen LogP contribution in [0.15, 0.2) is 18.2 Å². The molecule has 0 aliphatic rings. The largest absolute Gasteiger partial charge is 0.416 e. The number of alkyl halides is 3. The van der Waals surface area contributed by atoms with E-state index in [-0.39, 0.29) is 0 Å². The summed E-state index contributed by atoms with van der Waals surface area (Å²) in [5.41, 5.74) is 0.779. The molecular weight excluding hydrogens is 201 g/mol. The van der Waals surface area contributed by atoms with E-state index < -0.39 is 11.7 Å². The van der Waals surface area contributed by atoms with Crippen LogP contribution in [0.2, 0.25) is 0 Å². The summed E-state index contributed by atoms with van der Waals surface area (Å²) in [6, 6.07) is 4.39. The van der Waals surface area contributed by atoms with Gasteiger partial charge in [-0.1, -0.05) is 25.5 Å². The van der Waals surface area contributed by atoms with Gasteiger partial charge in [0.05, 0.1) is 5.56 Å². The summed E-state index contributed by atoms with van der Waals surface area (Å²) in [6.45, 7) is 3.58. The average molecular weight is 216 g/mol. The van der Waals surface area contributed by atoms with Crippen molar-refractivity contribution < 1.29 is 13.2 Å². The Balaban J connectivity index is 2.89. The second kappa shape index (κ2) is 4.69. The van der Waals surface area contributed by atoms with E-state index in [9.17, 15) is 13.2 Å². The van der Waals surface area contributed by atoms with Crippen molar-refractivity contribution in [2.75, 3.05) is 0 Å². The molecule has 0 aromatic heterocycles. The minimum Gasteiger partial charge on any atom is -0.166 e. The van der Waals surface area contributed by atoms with Gasteiger partial charge in [0, 0.05) is 0 Å². The number of unbranched alkanes of at least 4 members (excludes halogenated alkanes) is 1. The highest BCUT2D eigenvalue weighted by Crippen LogP contribution is 2.32. The fraction of sp³-hybridized carbons (Fsp3) is 0.500. The van der Waals surface area contributed by atoms with E-state index in [1.807, 2.05) is 0 Å². The molecule has 0 fully saturated rings. The molecule has 84 valence electrons. The number of rotatable bonds is 3. The molecule has 1 aromatic rings. The van der Waals surface area contributed by atoms with Gasteiger partial charge in [0.2, 0.25) is 0 Å². The lowest BCUT2D eigenvalue weighted by molar-refractivity contribution is -0.138. The van der Waals surface area contributed by atoms with Crippen molar-refractivity contribution in [1.29, 1.82) is 0 Å². The molecule has 0 heterocycles. The zero-order valence-corrected chi connectivity index (χ0v) is 8.99. The molecule has 0 aliphatic carbocycles. The summed E-state index contributed by atoms with van der Waals surface area (Å²) < 4.78 is 37.3. The number of hydrogen-bond donors (Lipinski definition) is 0. The maximum atomic E-state index is 12.4. The summed E-state index contributed by atoms with van der Waals surface area (Å²) >= 11 is 0. The first-order valence-corrected chi connectivity index (χ1v) is 5.12. The molecule has 15 heavy (non-hydrogen) atoms. The molecule has 0 bridgehead atoms. The fourth-order valence-corrected chi connectivity index (χ4v) is 1.58. The molecule has 0 N–H and O–H groups in total. The Morgan fingerprint density at radius 1 is 1.20 bits per heavy atom. The Morgan fingerprint density at radius 2 is 1.87 bits per heavy atom. The van der Waals surface area contributed by atoms with Gasteiger partial charge in [-0.2, -0.15) is 13.2 Å². The van der Waals surface area contributed by atoms with Gasteiger partial charge in [-0.15, -0.1) is 0 Å². The summed E-state index contributed by atoms with van der Waals surface area (Å²) in [5.74, 6) is 0. The normalized spacial score (nSPS) is 11.8. The Hall–Kier alpha value is -0.990. The molecule has 0 aliphatic heterocycles. The Bertz CT molecular complexity index is 326. The van der Waals surface area contributed by atoms with Crippen molar-refractivity contribution in [3.8, 4) is 0 Å². The first kappa shape index (κ1) is 12.1. The number of hydrogen-bond acceptors (Lipinski definition) is 0. The van der Waals surface area contributed by atoms with Crippen LogP contribution in [0.4, 0.5) is 13.2 Å². The predicted molar refractivity (Wildman–Crippen MR) is 54.8 cm³/mol. The summed E-state index contributed by atoms with van der Waals surface area (Å²) in [4.78, 5) is 0. The third-order valence-electron chi connectivity index (χ3n) is 2.42. The van der Waals surface area contributed by atoms with Crippen molar-refractivity contribution in [3.05, 3.63) is 34.9 Å². The van der Waals surface area contributed by atoms with Crippen LogP contribution in [0.1, 0.15) is 36.5 Å². The van der Waals surface area contributed by atoms with Gasteiger partial charge in [0.25, 0.3) is 0 Å². The van der Waals surface area contributed by atoms with Gasteiger partial charge in [0.15, 0.2) is 0 Å². The number of halogens is 3. The van der Waals surface area contributed by atoms with E-state index in [0.717, 1.165) is 24.8 Å². The van der Waals surface area contributed by atoms with Crippen LogP contribution in [0, 0.1) is 6.92 Å². The molecule has 3 heteroatoms. The highest BCUT2D eigenvalue weighted by atomic mass is 19.4. The topological polar surface area (TPSA) is 0 Å². The minimum atomic E-state index is -4.23. The SMILES string of the molecule is CCCCc1ccc(C(F)(F)F)c(C)c1. The van der Waals surface area contributed by atoms with E-state index >= 15 is 0 Å². The Kier molecular flexibility index (Phi) is 3.77. The molecule has 0 saturated carbocycles. The van der Waals surface area contributed by atoms with E-state index in [1.165, 1.54) is 13.0 Å². The van der Waals surface area contributed by atoms with Crippen molar-refractivity contribution in [1.82, 2.24) is 0 Å². The van der Waals surface area contributed by atoms with Crippen LogP contribution >= 0.6 is 0 Å². The Labute approximate surface area is 88.1 Å². The third-order valence-corrected chi connectivity index (χ3v) is 2.42. The van der Waals surface area contributed by atoms with Crippen LogP contribution in [0.5, 0.6) is 0 Å². The lowest BCUT2D eigenvalue weighted by atomic mass is 10.0. The Morgan fingerprint density at radius 3 is 2.33 bits per heavy atom. The van der Waals surface area contributed by atoms with Crippen molar-refractivity contribution in [2.24, 2.45) is 0 Å². The molecule has 0 spiro atoms. The average Bonchev–Trinajstić information content (AvgIpc) is 2.12. The second-order valence-corrected chi connectivity index (χ2v) is 3.75. The van der Waals surface area contributed by atoms with E-state index in [4.69, 9.17) is 0 Å². The van der Waals surface area contributed by atoms with Crippen LogP contribution < -0.4 is 0 Å². The maximum Gasteiger partial charge on any atom is 0.416 e. The zero-order valence-electron chi connectivity index (χ0n) is 8.99. The lowest BCUT2D eigenvalue weighted by Crippen LogP contribution is -2.07. The van der Waals surface area contributed by atoms with Crippen LogP contribution in [0.3, 0.4) is 0 Å². The fourth-order valence-electron chi connectivity index (χ4n) is 1.58. The molecule has 0 nitrogen and oxygen atoms in total. The molecule has 0 saturated heterocycles. The highest BCUT2D eigenvalue weighted by Gasteiger charge is 2.31. The van der Waals surface area contributed by atoms with Crippen molar-refractivity contribution >= 4 is 0 Å². The van der Waals surface area contributed by atoms with Crippen LogP contribution in [-0.4, -0.2) is 0 Å². The van der Waals surface area contributed by atoms with E-state index in [0.29, 0.717) is 5.56 Å². The second-order valence-electron chi connectivity index (χ2n) is 3.75. The summed E-state index contributed by atoms with van der Waals surface area (Å²) in [7, 11) is 0. The molecule has 0 radical (unpaired) electrons. The minimum absolute atomic E-state index is 0.316. The molecular formula is C12H15F3. The quantitative estimate of drug-likeness (QED) is 0.704. The van der Waals surface area contributed by atoms with Crippen molar-refractivity contribution in [3.63, 3.8) is 0 Å². The summed E-state index contributed by atoms with van der Waals surface area (Å²) in [5, 5.41) is 0. The van der Waals surface area contributed by atoms with E-state index in [2.05, 4.69) is 6.92 Å². The molecule has 1 aromatic carbocycles. The molecule has 0 atom stereocenters. The molecule has 1 rings (SSSR count). The van der Waals surface area contributed by atoms with Gasteiger partial charge in [-0.25, -0.2) is 0 Å². The first-order chi connectivity index (χ1) is 6.95. The van der Waals surface area contributed by atoms with Gasteiger partial charge in [-0.3, -0.25) is 0 Å². The van der Waals surface area contributed by atoms with E-state index in [1.54, 1.807) is 12.1 Å². The smallest absolute Gasteiger partial charge is 0.166 e. The first-order valence-electron chi connectivity index (χ1n) is 5.12. The van der Waals surface area contributed by atoms with Crippen molar-refractivity contribution in [2.45, 2.75) is 39.3 Å². The van der Waals surface area contributed by atoms with Gasteiger partial charge < -0.3 is 0 Å². The zero-order chi connectivity index (χ0) is 11.5. The maximum absolute atomic E-state index is 12.4. The predicted octanol–water partition coefficient (Wildman–Crippen LogP) is 4.36. The number of benzene rings is 1. The number of aryl methyl sites for hydroxylation is 2.